The lowest BCUT2D eigenvalue weighted by Crippen LogP contribution is -2.13. The maximum Gasteiger partial charge on any atom is 0.387 e. The summed E-state index contributed by atoms with van der Waals surface area (Å²) in [7, 11) is 0. The zero-order chi connectivity index (χ0) is 19.8. The van der Waals surface area contributed by atoms with Gasteiger partial charge in [-0.25, -0.2) is 0 Å². The van der Waals surface area contributed by atoms with Gasteiger partial charge in [0.05, 0.1) is 18.2 Å². The number of halogens is 3. The number of ether oxygens (including phenoxy) is 3. The van der Waals surface area contributed by atoms with Crippen LogP contribution in [0.1, 0.15) is 30.6 Å². The number of hydrogen-bond donors (Lipinski definition) is 1. The molecule has 2 rings (SSSR count). The van der Waals surface area contributed by atoms with E-state index >= 15 is 0 Å². The van der Waals surface area contributed by atoms with E-state index in [1.165, 1.54) is 30.3 Å². The molecule has 0 aliphatic rings. The minimum atomic E-state index is -2.90. The van der Waals surface area contributed by atoms with Gasteiger partial charge in [0.25, 0.3) is 5.91 Å². The fourth-order valence-corrected chi connectivity index (χ4v) is 2.49. The van der Waals surface area contributed by atoms with Crippen molar-refractivity contribution >= 4 is 23.2 Å². The second-order valence-corrected chi connectivity index (χ2v) is 5.83. The molecule has 1 N–H and O–H groups in total. The summed E-state index contributed by atoms with van der Waals surface area (Å²) in [4.78, 5) is 12.5. The molecular formula is C19H20ClF2NO4. The Kier molecular flexibility index (Phi) is 7.67. The Hall–Kier alpha value is -2.54. The summed E-state index contributed by atoms with van der Waals surface area (Å²) >= 11 is 6.25. The molecule has 0 saturated carbocycles. The summed E-state index contributed by atoms with van der Waals surface area (Å²) < 4.78 is 39.8. The standard InChI is InChI=1S/C19H20ClF2NO4/c1-3-9-26-17-15(20)10-12(11-16(17)25-4-2)18(24)23-13-5-7-14(8-6-13)27-19(21)22/h5-8,10-11,19H,3-4,9H2,1-2H3,(H,23,24). The number of benzene rings is 2. The van der Waals surface area contributed by atoms with E-state index in [0.29, 0.717) is 30.4 Å². The van der Waals surface area contributed by atoms with Gasteiger partial charge in [0.2, 0.25) is 0 Å². The van der Waals surface area contributed by atoms with Gasteiger partial charge in [-0.1, -0.05) is 18.5 Å². The SMILES string of the molecule is CCCOc1c(Cl)cc(C(=O)Nc2ccc(OC(F)F)cc2)cc1OCC. The third-order valence-corrected chi connectivity index (χ3v) is 3.64. The molecule has 0 heterocycles. The molecular weight excluding hydrogens is 380 g/mol. The monoisotopic (exact) mass is 399 g/mol. The lowest BCUT2D eigenvalue weighted by Gasteiger charge is -2.15. The van der Waals surface area contributed by atoms with Gasteiger partial charge in [0.15, 0.2) is 11.5 Å². The molecule has 0 atom stereocenters. The van der Waals surface area contributed by atoms with E-state index in [1.54, 1.807) is 6.07 Å². The third-order valence-electron chi connectivity index (χ3n) is 3.36. The Bertz CT molecular complexity index is 769. The maximum absolute atomic E-state index is 12.5. The molecule has 0 radical (unpaired) electrons. The number of alkyl halides is 2. The predicted molar refractivity (Wildman–Crippen MR) is 99.4 cm³/mol. The van der Waals surface area contributed by atoms with Crippen molar-refractivity contribution in [3.8, 4) is 17.2 Å². The predicted octanol–water partition coefficient (Wildman–Crippen LogP) is 5.38. The van der Waals surface area contributed by atoms with Gasteiger partial charge in [0, 0.05) is 11.3 Å². The van der Waals surface area contributed by atoms with Crippen molar-refractivity contribution in [2.45, 2.75) is 26.9 Å². The summed E-state index contributed by atoms with van der Waals surface area (Å²) in [6.45, 7) is 1.73. The second kappa shape index (κ2) is 9.97. The highest BCUT2D eigenvalue weighted by molar-refractivity contribution is 6.32. The topological polar surface area (TPSA) is 56.8 Å². The van der Waals surface area contributed by atoms with Crippen LogP contribution in [0.2, 0.25) is 5.02 Å². The van der Waals surface area contributed by atoms with Gasteiger partial charge in [-0.3, -0.25) is 4.79 Å². The number of amides is 1. The van der Waals surface area contributed by atoms with Crippen LogP contribution in [0.15, 0.2) is 36.4 Å². The molecule has 2 aromatic rings. The Morgan fingerprint density at radius 2 is 1.85 bits per heavy atom. The van der Waals surface area contributed by atoms with Crippen LogP contribution >= 0.6 is 11.6 Å². The van der Waals surface area contributed by atoms with Gasteiger partial charge >= 0.3 is 6.61 Å². The molecule has 0 aliphatic carbocycles. The average Bonchev–Trinajstić information content (AvgIpc) is 2.62. The lowest BCUT2D eigenvalue weighted by molar-refractivity contribution is -0.0498. The zero-order valence-corrected chi connectivity index (χ0v) is 15.7. The van der Waals surface area contributed by atoms with Crippen LogP contribution in [0, 0.1) is 0 Å². The fourth-order valence-electron chi connectivity index (χ4n) is 2.23. The van der Waals surface area contributed by atoms with Crippen molar-refractivity contribution in [2.75, 3.05) is 18.5 Å². The van der Waals surface area contributed by atoms with Crippen molar-refractivity contribution < 1.29 is 27.8 Å². The van der Waals surface area contributed by atoms with Crippen molar-refractivity contribution in [1.29, 1.82) is 0 Å². The van der Waals surface area contributed by atoms with E-state index in [-0.39, 0.29) is 16.3 Å². The van der Waals surface area contributed by atoms with Crippen molar-refractivity contribution in [3.63, 3.8) is 0 Å². The molecule has 0 aliphatic heterocycles. The summed E-state index contributed by atoms with van der Waals surface area (Å²) in [5.74, 6) is 0.347. The lowest BCUT2D eigenvalue weighted by atomic mass is 10.1. The molecule has 0 bridgehead atoms. The summed E-state index contributed by atoms with van der Waals surface area (Å²) in [6, 6.07) is 8.62. The van der Waals surface area contributed by atoms with Crippen molar-refractivity contribution in [3.05, 3.63) is 47.0 Å². The van der Waals surface area contributed by atoms with Crippen LogP contribution in [-0.2, 0) is 0 Å². The Morgan fingerprint density at radius 3 is 2.44 bits per heavy atom. The van der Waals surface area contributed by atoms with Gasteiger partial charge in [-0.2, -0.15) is 8.78 Å². The molecule has 5 nitrogen and oxygen atoms in total. The quantitative estimate of drug-likeness (QED) is 0.615. The van der Waals surface area contributed by atoms with Crippen LogP contribution in [0.5, 0.6) is 17.2 Å². The molecule has 0 unspecified atom stereocenters. The van der Waals surface area contributed by atoms with E-state index in [9.17, 15) is 13.6 Å². The van der Waals surface area contributed by atoms with Crippen molar-refractivity contribution in [2.24, 2.45) is 0 Å². The van der Waals surface area contributed by atoms with Gasteiger partial charge < -0.3 is 19.5 Å². The summed E-state index contributed by atoms with van der Waals surface area (Å²) in [6.07, 6.45) is 0.801. The van der Waals surface area contributed by atoms with Gasteiger partial charge in [-0.15, -0.1) is 0 Å². The molecule has 0 saturated heterocycles. The van der Waals surface area contributed by atoms with E-state index in [0.717, 1.165) is 6.42 Å². The van der Waals surface area contributed by atoms with E-state index in [2.05, 4.69) is 10.1 Å². The van der Waals surface area contributed by atoms with Gasteiger partial charge in [-0.05, 0) is 49.7 Å². The summed E-state index contributed by atoms with van der Waals surface area (Å²) in [5, 5.41) is 2.93. The highest BCUT2D eigenvalue weighted by Gasteiger charge is 2.16. The normalized spacial score (nSPS) is 10.6. The largest absolute Gasteiger partial charge is 0.490 e. The average molecular weight is 400 g/mol. The maximum atomic E-state index is 12.5. The Labute approximate surface area is 161 Å². The third kappa shape index (κ3) is 5.99. The highest BCUT2D eigenvalue weighted by Crippen LogP contribution is 2.37. The first kappa shape index (κ1) is 20.8. The number of nitrogens with one attached hydrogen (secondary N) is 1. The number of carbonyl (C=O) groups excluding carboxylic acids is 1. The first-order valence-corrected chi connectivity index (χ1v) is 8.77. The molecule has 8 heteroatoms. The van der Waals surface area contributed by atoms with Crippen LogP contribution in [0.3, 0.4) is 0 Å². The van der Waals surface area contributed by atoms with E-state index in [4.69, 9.17) is 21.1 Å². The number of anilines is 1. The van der Waals surface area contributed by atoms with Crippen LogP contribution in [-0.4, -0.2) is 25.7 Å². The highest BCUT2D eigenvalue weighted by atomic mass is 35.5. The zero-order valence-electron chi connectivity index (χ0n) is 14.9. The number of carbonyl (C=O) groups is 1. The smallest absolute Gasteiger partial charge is 0.387 e. The minimum Gasteiger partial charge on any atom is -0.490 e. The molecule has 2 aromatic carbocycles. The Morgan fingerprint density at radius 1 is 1.15 bits per heavy atom. The molecule has 1 amide bonds. The molecule has 27 heavy (non-hydrogen) atoms. The minimum absolute atomic E-state index is 0.00195. The second-order valence-electron chi connectivity index (χ2n) is 5.42. The van der Waals surface area contributed by atoms with Crippen molar-refractivity contribution in [1.82, 2.24) is 0 Å². The summed E-state index contributed by atoms with van der Waals surface area (Å²) in [5.41, 5.74) is 0.696. The van der Waals surface area contributed by atoms with Crippen LogP contribution in [0.25, 0.3) is 0 Å². The molecule has 0 spiro atoms. The fraction of sp³-hybridized carbons (Fsp3) is 0.316. The Balaban J connectivity index is 2.17. The van der Waals surface area contributed by atoms with E-state index in [1.807, 2.05) is 13.8 Å². The number of hydrogen-bond acceptors (Lipinski definition) is 4. The first-order chi connectivity index (χ1) is 12.9. The number of rotatable bonds is 9. The first-order valence-electron chi connectivity index (χ1n) is 8.40. The van der Waals surface area contributed by atoms with Gasteiger partial charge in [0.1, 0.15) is 5.75 Å². The van der Waals surface area contributed by atoms with Crippen LogP contribution in [0.4, 0.5) is 14.5 Å². The molecule has 0 fully saturated rings. The molecule has 0 aromatic heterocycles. The molecule has 146 valence electrons. The van der Waals surface area contributed by atoms with E-state index < -0.39 is 12.5 Å². The van der Waals surface area contributed by atoms with Crippen LogP contribution < -0.4 is 19.5 Å².